The Labute approximate surface area is 217 Å². The molecule has 1 aromatic heterocycles. The van der Waals surface area contributed by atoms with E-state index in [1.54, 1.807) is 6.20 Å². The fourth-order valence-corrected chi connectivity index (χ4v) is 5.14. The summed E-state index contributed by atoms with van der Waals surface area (Å²) in [4.78, 5) is 28.3. The average molecular weight is 500 g/mol. The summed E-state index contributed by atoms with van der Waals surface area (Å²) in [5, 5.41) is 25.8. The topological polar surface area (TPSA) is 112 Å². The van der Waals surface area contributed by atoms with Crippen LogP contribution in [-0.2, 0) is 4.79 Å². The van der Waals surface area contributed by atoms with E-state index in [0.29, 0.717) is 43.4 Å². The molecule has 1 fully saturated rings. The molecule has 1 atom stereocenters. The maximum Gasteiger partial charge on any atom is 0.306 e. The third-order valence-electron chi connectivity index (χ3n) is 7.30. The summed E-state index contributed by atoms with van der Waals surface area (Å²) in [6.45, 7) is 3.97. The molecular weight excluding hydrogens is 466 g/mol. The Morgan fingerprint density at radius 2 is 1.70 bits per heavy atom. The van der Waals surface area contributed by atoms with E-state index in [2.05, 4.69) is 34.5 Å². The van der Waals surface area contributed by atoms with E-state index in [-0.39, 0.29) is 23.8 Å². The first-order valence-corrected chi connectivity index (χ1v) is 12.7. The first-order valence-electron chi connectivity index (χ1n) is 12.7. The lowest BCUT2D eigenvalue weighted by atomic mass is 9.83. The monoisotopic (exact) mass is 499 g/mol. The highest BCUT2D eigenvalue weighted by molar-refractivity contribution is 6.01. The molecule has 1 heterocycles. The summed E-state index contributed by atoms with van der Waals surface area (Å²) < 4.78 is 0. The lowest BCUT2D eigenvalue weighted by Gasteiger charge is -2.27. The van der Waals surface area contributed by atoms with Crippen LogP contribution in [0.15, 0.2) is 72.0 Å². The third-order valence-corrected chi connectivity index (χ3v) is 7.30. The fourth-order valence-electron chi connectivity index (χ4n) is 5.14. The standard InChI is InChI=1S/C30H33N3O4/c1-19-5-3-4-6-26(19)27(18-28(33-37)24-15-16-31-20(2)17-24)21-7-9-22(10-8-21)29(34)32-25-13-11-23(12-14-25)30(35)36/h3-10,15-17,23,25,27,37H,11-14,18H2,1-2H3,(H,32,34)(H,35,36)/t23-,25-,27-/m1/s1. The zero-order chi connectivity index (χ0) is 26.4. The van der Waals surface area contributed by atoms with Gasteiger partial charge in [-0.2, -0.15) is 0 Å². The predicted octanol–water partition coefficient (Wildman–Crippen LogP) is 5.47. The molecule has 0 unspecified atom stereocenters. The highest BCUT2D eigenvalue weighted by atomic mass is 16.4. The average Bonchev–Trinajstić information content (AvgIpc) is 2.90. The van der Waals surface area contributed by atoms with E-state index < -0.39 is 5.97 Å². The molecule has 2 aromatic carbocycles. The van der Waals surface area contributed by atoms with Gasteiger partial charge in [-0.25, -0.2) is 0 Å². The number of hydrogen-bond donors (Lipinski definition) is 3. The number of carboxylic acids is 1. The zero-order valence-electron chi connectivity index (χ0n) is 21.2. The number of hydrogen-bond acceptors (Lipinski definition) is 5. The maximum atomic E-state index is 12.9. The molecule has 0 saturated heterocycles. The van der Waals surface area contributed by atoms with Crippen LogP contribution in [0, 0.1) is 19.8 Å². The van der Waals surface area contributed by atoms with E-state index in [1.807, 2.05) is 55.5 Å². The largest absolute Gasteiger partial charge is 0.481 e. The minimum atomic E-state index is -0.753. The van der Waals surface area contributed by atoms with Crippen molar-refractivity contribution in [2.75, 3.05) is 0 Å². The normalized spacial score (nSPS) is 18.7. The summed E-state index contributed by atoms with van der Waals surface area (Å²) in [6, 6.07) is 19.5. The molecular formula is C30H33N3O4. The Kier molecular flexibility index (Phi) is 8.33. The Morgan fingerprint density at radius 1 is 1.00 bits per heavy atom. The Hall–Kier alpha value is -4.00. The molecule has 3 N–H and O–H groups in total. The van der Waals surface area contributed by atoms with E-state index in [4.69, 9.17) is 0 Å². The summed E-state index contributed by atoms with van der Waals surface area (Å²) in [6.07, 6.45) is 4.71. The van der Waals surface area contributed by atoms with Gasteiger partial charge in [0.25, 0.3) is 5.91 Å². The van der Waals surface area contributed by atoms with E-state index >= 15 is 0 Å². The van der Waals surface area contributed by atoms with E-state index in [1.165, 1.54) is 0 Å². The fraction of sp³-hybridized carbons (Fsp3) is 0.333. The van der Waals surface area contributed by atoms with Crippen LogP contribution in [-0.4, -0.2) is 38.9 Å². The van der Waals surface area contributed by atoms with Gasteiger partial charge in [-0.05, 0) is 80.5 Å². The molecule has 1 saturated carbocycles. The number of pyridine rings is 1. The number of nitrogens with one attached hydrogen (secondary N) is 1. The first kappa shape index (κ1) is 26.1. The van der Waals surface area contributed by atoms with E-state index in [9.17, 15) is 19.9 Å². The molecule has 4 rings (SSSR count). The second-order valence-corrected chi connectivity index (χ2v) is 9.83. The van der Waals surface area contributed by atoms with Crippen molar-refractivity contribution in [2.45, 2.75) is 57.9 Å². The van der Waals surface area contributed by atoms with Crippen LogP contribution < -0.4 is 5.32 Å². The smallest absolute Gasteiger partial charge is 0.306 e. The lowest BCUT2D eigenvalue weighted by molar-refractivity contribution is -0.142. The van der Waals surface area contributed by atoms with Gasteiger partial charge in [0, 0.05) is 41.4 Å². The number of amides is 1. The molecule has 0 aliphatic heterocycles. The Bertz CT molecular complexity index is 1280. The molecule has 1 aliphatic rings. The molecule has 0 bridgehead atoms. The van der Waals surface area contributed by atoms with Crippen molar-refractivity contribution >= 4 is 17.6 Å². The Balaban J connectivity index is 1.54. The highest BCUT2D eigenvalue weighted by Crippen LogP contribution is 2.32. The highest BCUT2D eigenvalue weighted by Gasteiger charge is 2.27. The number of benzene rings is 2. The first-order chi connectivity index (χ1) is 17.9. The maximum absolute atomic E-state index is 12.9. The van der Waals surface area contributed by atoms with Crippen molar-refractivity contribution in [3.8, 4) is 0 Å². The SMILES string of the molecule is Cc1cc(C(C[C@H](c2ccc(C(=O)N[C@H]3CC[C@H](C(=O)O)CC3)cc2)c2ccccc2C)=NO)ccn1. The second kappa shape index (κ2) is 11.8. The molecule has 1 amide bonds. The van der Waals surface area contributed by atoms with Crippen molar-refractivity contribution in [3.63, 3.8) is 0 Å². The minimum absolute atomic E-state index is 0.00497. The second-order valence-electron chi connectivity index (χ2n) is 9.83. The quantitative estimate of drug-likeness (QED) is 0.216. The molecule has 0 spiro atoms. The number of carboxylic acid groups (broad SMARTS) is 1. The van der Waals surface area contributed by atoms with Crippen molar-refractivity contribution in [2.24, 2.45) is 11.1 Å². The number of aromatic nitrogens is 1. The van der Waals surface area contributed by atoms with Gasteiger partial charge in [-0.1, -0.05) is 41.6 Å². The number of oxime groups is 1. The number of carbonyl (C=O) groups is 2. The zero-order valence-corrected chi connectivity index (χ0v) is 21.2. The number of carbonyl (C=O) groups excluding carboxylic acids is 1. The van der Waals surface area contributed by atoms with Gasteiger partial charge in [0.15, 0.2) is 0 Å². The molecule has 192 valence electrons. The van der Waals surface area contributed by atoms with Crippen molar-refractivity contribution < 1.29 is 19.9 Å². The van der Waals surface area contributed by atoms with Gasteiger partial charge >= 0.3 is 5.97 Å². The van der Waals surface area contributed by atoms with Crippen LogP contribution in [0.3, 0.4) is 0 Å². The van der Waals surface area contributed by atoms with Gasteiger partial charge in [-0.15, -0.1) is 0 Å². The van der Waals surface area contributed by atoms with Crippen molar-refractivity contribution in [1.29, 1.82) is 0 Å². The van der Waals surface area contributed by atoms with E-state index in [0.717, 1.165) is 27.9 Å². The molecule has 37 heavy (non-hydrogen) atoms. The van der Waals surface area contributed by atoms with Crippen LogP contribution in [0.25, 0.3) is 0 Å². The van der Waals surface area contributed by atoms with Gasteiger partial charge in [0.1, 0.15) is 0 Å². The van der Waals surface area contributed by atoms with Gasteiger partial charge in [0.05, 0.1) is 11.6 Å². The lowest BCUT2D eigenvalue weighted by Crippen LogP contribution is -2.38. The number of nitrogens with zero attached hydrogens (tertiary/aromatic N) is 2. The van der Waals surface area contributed by atoms with Crippen LogP contribution in [0.5, 0.6) is 0 Å². The van der Waals surface area contributed by atoms with Gasteiger partial charge in [0.2, 0.25) is 0 Å². The van der Waals surface area contributed by atoms with Crippen LogP contribution in [0.2, 0.25) is 0 Å². The van der Waals surface area contributed by atoms with Crippen LogP contribution in [0.4, 0.5) is 0 Å². The van der Waals surface area contributed by atoms with Gasteiger partial charge < -0.3 is 15.6 Å². The molecule has 1 aliphatic carbocycles. The Morgan fingerprint density at radius 3 is 2.32 bits per heavy atom. The van der Waals surface area contributed by atoms with Crippen LogP contribution >= 0.6 is 0 Å². The number of aliphatic carboxylic acids is 1. The molecule has 7 heteroatoms. The van der Waals surface area contributed by atoms with Crippen molar-refractivity contribution in [1.82, 2.24) is 10.3 Å². The predicted molar refractivity (Wildman–Crippen MR) is 142 cm³/mol. The number of rotatable bonds is 8. The molecule has 0 radical (unpaired) electrons. The third kappa shape index (κ3) is 6.42. The number of aryl methyl sites for hydroxylation is 2. The molecule has 3 aromatic rings. The summed E-state index contributed by atoms with van der Waals surface area (Å²) >= 11 is 0. The van der Waals surface area contributed by atoms with Crippen molar-refractivity contribution in [3.05, 3.63) is 100 Å². The van der Waals surface area contributed by atoms with Crippen LogP contribution in [0.1, 0.15) is 76.3 Å². The molecule has 7 nitrogen and oxygen atoms in total. The van der Waals surface area contributed by atoms with Gasteiger partial charge in [-0.3, -0.25) is 14.6 Å². The summed E-state index contributed by atoms with van der Waals surface area (Å²) in [7, 11) is 0. The summed E-state index contributed by atoms with van der Waals surface area (Å²) in [5.74, 6) is -1.29. The minimum Gasteiger partial charge on any atom is -0.481 e. The summed E-state index contributed by atoms with van der Waals surface area (Å²) in [5.41, 5.74) is 6.07.